The molecule has 1 N–H and O–H groups in total. The van der Waals surface area contributed by atoms with E-state index < -0.39 is 0 Å². The number of aryl methyl sites for hydroxylation is 1. The van der Waals surface area contributed by atoms with Crippen molar-refractivity contribution in [3.8, 4) is 5.75 Å². The SMILES string of the molecule is CNc1nc(N(c2ccc(C)cc2OC)C(C)C)ncc1Cl. The minimum Gasteiger partial charge on any atom is -0.495 e. The number of nitrogens with one attached hydrogen (secondary N) is 1. The highest BCUT2D eigenvalue weighted by atomic mass is 35.5. The first-order valence-corrected chi connectivity index (χ1v) is 7.50. The fourth-order valence-corrected chi connectivity index (χ4v) is 2.44. The van der Waals surface area contributed by atoms with Crippen molar-refractivity contribution in [1.82, 2.24) is 9.97 Å². The molecule has 1 aromatic carbocycles. The first kappa shape index (κ1) is 16.4. The number of methoxy groups -OCH3 is 1. The third-order valence-electron chi connectivity index (χ3n) is 3.29. The van der Waals surface area contributed by atoms with Crippen molar-refractivity contribution in [2.45, 2.75) is 26.8 Å². The zero-order chi connectivity index (χ0) is 16.3. The van der Waals surface area contributed by atoms with Gasteiger partial charge in [-0.05, 0) is 38.5 Å². The summed E-state index contributed by atoms with van der Waals surface area (Å²) in [5.74, 6) is 1.97. The van der Waals surface area contributed by atoms with Gasteiger partial charge in [0.15, 0.2) is 0 Å². The van der Waals surface area contributed by atoms with Gasteiger partial charge in [-0.15, -0.1) is 0 Å². The van der Waals surface area contributed by atoms with E-state index in [1.165, 1.54) is 0 Å². The summed E-state index contributed by atoms with van der Waals surface area (Å²) in [6.07, 6.45) is 1.60. The van der Waals surface area contributed by atoms with E-state index in [4.69, 9.17) is 16.3 Å². The topological polar surface area (TPSA) is 50.3 Å². The molecule has 6 heteroatoms. The second-order valence-corrected chi connectivity index (χ2v) is 5.66. The summed E-state index contributed by atoms with van der Waals surface area (Å²) in [5.41, 5.74) is 2.06. The Balaban J connectivity index is 2.56. The molecule has 0 amide bonds. The first-order chi connectivity index (χ1) is 10.5. The molecule has 0 radical (unpaired) electrons. The van der Waals surface area contributed by atoms with Crippen LogP contribution in [0.4, 0.5) is 17.5 Å². The van der Waals surface area contributed by atoms with E-state index in [0.717, 1.165) is 17.0 Å². The number of benzene rings is 1. The predicted molar refractivity (Wildman–Crippen MR) is 91.6 cm³/mol. The van der Waals surface area contributed by atoms with Crippen molar-refractivity contribution < 1.29 is 4.74 Å². The van der Waals surface area contributed by atoms with E-state index >= 15 is 0 Å². The predicted octanol–water partition coefficient (Wildman–Crippen LogP) is 4.04. The molecule has 1 heterocycles. The summed E-state index contributed by atoms with van der Waals surface area (Å²) in [6, 6.07) is 6.22. The van der Waals surface area contributed by atoms with Gasteiger partial charge in [-0.2, -0.15) is 4.98 Å². The van der Waals surface area contributed by atoms with Crippen LogP contribution < -0.4 is 15.0 Å². The minimum atomic E-state index is 0.155. The Bertz CT molecular complexity index is 661. The number of hydrogen-bond acceptors (Lipinski definition) is 5. The lowest BCUT2D eigenvalue weighted by Crippen LogP contribution is -2.28. The molecule has 22 heavy (non-hydrogen) atoms. The van der Waals surface area contributed by atoms with Gasteiger partial charge in [0.05, 0.1) is 19.0 Å². The van der Waals surface area contributed by atoms with Crippen molar-refractivity contribution >= 4 is 29.1 Å². The normalized spacial score (nSPS) is 10.7. The number of aromatic nitrogens is 2. The molecule has 0 saturated heterocycles. The Morgan fingerprint density at radius 2 is 2.05 bits per heavy atom. The summed E-state index contributed by atoms with van der Waals surface area (Å²) >= 11 is 6.08. The smallest absolute Gasteiger partial charge is 0.232 e. The van der Waals surface area contributed by atoms with E-state index in [2.05, 4.69) is 29.1 Å². The maximum absolute atomic E-state index is 6.08. The Hall–Kier alpha value is -2.01. The fraction of sp³-hybridized carbons (Fsp3) is 0.375. The van der Waals surface area contributed by atoms with Gasteiger partial charge < -0.3 is 15.0 Å². The van der Waals surface area contributed by atoms with Crippen molar-refractivity contribution in [1.29, 1.82) is 0 Å². The van der Waals surface area contributed by atoms with Gasteiger partial charge in [-0.1, -0.05) is 17.7 Å². The molecule has 5 nitrogen and oxygen atoms in total. The molecule has 0 fully saturated rings. The van der Waals surface area contributed by atoms with Crippen LogP contribution in [0.15, 0.2) is 24.4 Å². The zero-order valence-electron chi connectivity index (χ0n) is 13.5. The molecule has 0 bridgehead atoms. The quantitative estimate of drug-likeness (QED) is 0.901. The van der Waals surface area contributed by atoms with Crippen LogP contribution in [0.3, 0.4) is 0 Å². The zero-order valence-corrected chi connectivity index (χ0v) is 14.3. The monoisotopic (exact) mass is 320 g/mol. The molecule has 0 unspecified atom stereocenters. The average molecular weight is 321 g/mol. The van der Waals surface area contributed by atoms with Crippen LogP contribution in [0, 0.1) is 6.92 Å². The van der Waals surface area contributed by atoms with Crippen molar-refractivity contribution in [3.63, 3.8) is 0 Å². The number of nitrogens with zero attached hydrogens (tertiary/aromatic N) is 3. The minimum absolute atomic E-state index is 0.155. The maximum Gasteiger partial charge on any atom is 0.232 e. The summed E-state index contributed by atoms with van der Waals surface area (Å²) in [5, 5.41) is 3.47. The van der Waals surface area contributed by atoms with Crippen LogP contribution in [-0.2, 0) is 0 Å². The lowest BCUT2D eigenvalue weighted by atomic mass is 10.1. The Labute approximate surface area is 136 Å². The molecule has 0 saturated carbocycles. The van der Waals surface area contributed by atoms with Gasteiger partial charge in [-0.3, -0.25) is 0 Å². The third kappa shape index (κ3) is 3.25. The summed E-state index contributed by atoms with van der Waals surface area (Å²) < 4.78 is 5.52. The number of rotatable bonds is 5. The Morgan fingerprint density at radius 1 is 1.32 bits per heavy atom. The summed E-state index contributed by atoms with van der Waals surface area (Å²) in [7, 11) is 3.45. The molecule has 0 spiro atoms. The average Bonchev–Trinajstić information content (AvgIpc) is 2.50. The highest BCUT2D eigenvalue weighted by Gasteiger charge is 2.20. The number of hydrogen-bond donors (Lipinski definition) is 1. The molecule has 0 aliphatic rings. The van der Waals surface area contributed by atoms with Crippen molar-refractivity contribution in [2.24, 2.45) is 0 Å². The van der Waals surface area contributed by atoms with Gasteiger partial charge in [0, 0.05) is 13.1 Å². The highest BCUT2D eigenvalue weighted by molar-refractivity contribution is 6.32. The van der Waals surface area contributed by atoms with E-state index in [-0.39, 0.29) is 6.04 Å². The molecule has 0 aliphatic heterocycles. The van der Waals surface area contributed by atoms with Gasteiger partial charge in [0.1, 0.15) is 16.6 Å². The molecule has 2 aromatic rings. The van der Waals surface area contributed by atoms with Crippen LogP contribution in [0.5, 0.6) is 5.75 Å². The standard InChI is InChI=1S/C16H21ClN4O/c1-10(2)21(13-7-6-11(3)8-14(13)22-5)16-19-9-12(17)15(18-4)20-16/h6-10H,1-5H3,(H,18,19,20). The van der Waals surface area contributed by atoms with Gasteiger partial charge in [0.25, 0.3) is 0 Å². The number of ether oxygens (including phenoxy) is 1. The third-order valence-corrected chi connectivity index (χ3v) is 3.57. The van der Waals surface area contributed by atoms with Crippen LogP contribution in [0.25, 0.3) is 0 Å². The van der Waals surface area contributed by atoms with E-state index in [1.807, 2.05) is 30.0 Å². The van der Waals surface area contributed by atoms with Crippen LogP contribution in [0.1, 0.15) is 19.4 Å². The van der Waals surface area contributed by atoms with Crippen LogP contribution in [0.2, 0.25) is 5.02 Å². The number of halogens is 1. The lowest BCUT2D eigenvalue weighted by molar-refractivity contribution is 0.414. The summed E-state index contributed by atoms with van der Waals surface area (Å²) in [4.78, 5) is 10.9. The second kappa shape index (κ2) is 6.83. The lowest BCUT2D eigenvalue weighted by Gasteiger charge is -2.28. The fourth-order valence-electron chi connectivity index (χ4n) is 2.25. The second-order valence-electron chi connectivity index (χ2n) is 5.26. The van der Waals surface area contributed by atoms with Crippen molar-refractivity contribution in [2.75, 3.05) is 24.4 Å². The largest absolute Gasteiger partial charge is 0.495 e. The van der Waals surface area contributed by atoms with Crippen LogP contribution in [-0.4, -0.2) is 30.2 Å². The highest BCUT2D eigenvalue weighted by Crippen LogP contribution is 2.35. The molecule has 1 aromatic heterocycles. The number of anilines is 3. The maximum atomic E-state index is 6.08. The molecule has 2 rings (SSSR count). The Kier molecular flexibility index (Phi) is 5.08. The van der Waals surface area contributed by atoms with Gasteiger partial charge >= 0.3 is 0 Å². The van der Waals surface area contributed by atoms with E-state index in [9.17, 15) is 0 Å². The molecule has 118 valence electrons. The van der Waals surface area contributed by atoms with Crippen molar-refractivity contribution in [3.05, 3.63) is 35.0 Å². The first-order valence-electron chi connectivity index (χ1n) is 7.12. The van der Waals surface area contributed by atoms with E-state index in [0.29, 0.717) is 16.8 Å². The molecular weight excluding hydrogens is 300 g/mol. The molecule has 0 aliphatic carbocycles. The summed E-state index contributed by atoms with van der Waals surface area (Å²) in [6.45, 7) is 6.19. The van der Waals surface area contributed by atoms with E-state index in [1.54, 1.807) is 20.4 Å². The molecular formula is C16H21ClN4O. The molecule has 0 atom stereocenters. The van der Waals surface area contributed by atoms with Gasteiger partial charge in [0.2, 0.25) is 5.95 Å². The van der Waals surface area contributed by atoms with Crippen LogP contribution >= 0.6 is 11.6 Å². The Morgan fingerprint density at radius 3 is 2.64 bits per heavy atom. The van der Waals surface area contributed by atoms with Gasteiger partial charge in [-0.25, -0.2) is 4.98 Å².